The van der Waals surface area contributed by atoms with E-state index in [0.717, 1.165) is 25.7 Å². The van der Waals surface area contributed by atoms with Crippen LogP contribution < -0.4 is 15.2 Å². The number of ether oxygens (including phenoxy) is 2. The molecule has 0 atom stereocenters. The van der Waals surface area contributed by atoms with Crippen LogP contribution in [0, 0.1) is 0 Å². The first-order valence-electron chi connectivity index (χ1n) is 11.5. The Morgan fingerprint density at radius 3 is 2.45 bits per heavy atom. The van der Waals surface area contributed by atoms with Crippen molar-refractivity contribution in [2.24, 2.45) is 0 Å². The highest BCUT2D eigenvalue weighted by Gasteiger charge is 2.29. The second kappa shape index (κ2) is 9.63. The number of anilines is 1. The standard InChI is InChI=1S/C24H31ClN4O4/c1-24(2,3)33-23(31)28-13-11-27(12-14-28)20-16-26-29(18-8-6-7-17(25)15-18)22(30)21(20)32-19-9-4-5-10-19/h6-8,15-16,19H,4-5,9-14H2,1-3H3. The molecule has 2 fully saturated rings. The van der Waals surface area contributed by atoms with Gasteiger partial charge in [-0.25, -0.2) is 4.79 Å². The van der Waals surface area contributed by atoms with E-state index in [1.165, 1.54) is 4.68 Å². The zero-order valence-electron chi connectivity index (χ0n) is 19.4. The molecule has 2 aliphatic rings. The Labute approximate surface area is 199 Å². The van der Waals surface area contributed by atoms with Gasteiger partial charge in [0.25, 0.3) is 0 Å². The summed E-state index contributed by atoms with van der Waals surface area (Å²) in [7, 11) is 0. The lowest BCUT2D eigenvalue weighted by Crippen LogP contribution is -2.50. The second-order valence-electron chi connectivity index (χ2n) is 9.53. The van der Waals surface area contributed by atoms with Crippen molar-refractivity contribution in [1.29, 1.82) is 0 Å². The third-order valence-electron chi connectivity index (χ3n) is 5.83. The largest absolute Gasteiger partial charge is 0.483 e. The van der Waals surface area contributed by atoms with Gasteiger partial charge in [0.05, 0.1) is 18.0 Å². The lowest BCUT2D eigenvalue weighted by molar-refractivity contribution is 0.0240. The van der Waals surface area contributed by atoms with Gasteiger partial charge < -0.3 is 19.3 Å². The number of carbonyl (C=O) groups excluding carboxylic acids is 1. The molecule has 1 aromatic carbocycles. The van der Waals surface area contributed by atoms with Crippen molar-refractivity contribution in [3.63, 3.8) is 0 Å². The summed E-state index contributed by atoms with van der Waals surface area (Å²) in [6, 6.07) is 7.03. The van der Waals surface area contributed by atoms with Crippen molar-refractivity contribution < 1.29 is 14.3 Å². The first-order chi connectivity index (χ1) is 15.7. The van der Waals surface area contributed by atoms with E-state index in [9.17, 15) is 9.59 Å². The molecule has 8 nitrogen and oxygen atoms in total. The van der Waals surface area contributed by atoms with Crippen molar-refractivity contribution >= 4 is 23.4 Å². The zero-order chi connectivity index (χ0) is 23.6. The number of aromatic nitrogens is 2. The number of amides is 1. The van der Waals surface area contributed by atoms with E-state index in [-0.39, 0.29) is 17.8 Å². The Bertz CT molecular complexity index is 1050. The summed E-state index contributed by atoms with van der Waals surface area (Å²) in [5, 5.41) is 4.95. The monoisotopic (exact) mass is 474 g/mol. The van der Waals surface area contributed by atoms with Gasteiger partial charge in [0.2, 0.25) is 5.75 Å². The predicted octanol–water partition coefficient (Wildman–Crippen LogP) is 4.26. The van der Waals surface area contributed by atoms with Gasteiger partial charge in [-0.3, -0.25) is 4.79 Å². The molecule has 1 saturated heterocycles. The molecule has 1 aliphatic carbocycles. The molecule has 33 heavy (non-hydrogen) atoms. The number of hydrogen-bond donors (Lipinski definition) is 0. The first-order valence-corrected chi connectivity index (χ1v) is 11.9. The van der Waals surface area contributed by atoms with Crippen molar-refractivity contribution in [2.45, 2.75) is 58.2 Å². The highest BCUT2D eigenvalue weighted by molar-refractivity contribution is 6.30. The molecule has 1 amide bonds. The number of halogens is 1. The minimum atomic E-state index is -0.536. The van der Waals surface area contributed by atoms with Crippen LogP contribution in [0.4, 0.5) is 10.5 Å². The van der Waals surface area contributed by atoms with Gasteiger partial charge in [0.15, 0.2) is 0 Å². The van der Waals surface area contributed by atoms with E-state index in [4.69, 9.17) is 21.1 Å². The lowest BCUT2D eigenvalue weighted by Gasteiger charge is -2.37. The van der Waals surface area contributed by atoms with Gasteiger partial charge in [-0.1, -0.05) is 17.7 Å². The van der Waals surface area contributed by atoms with Crippen molar-refractivity contribution in [3.8, 4) is 11.4 Å². The molecule has 0 unspecified atom stereocenters. The van der Waals surface area contributed by atoms with E-state index >= 15 is 0 Å². The molecule has 0 spiro atoms. The van der Waals surface area contributed by atoms with Crippen molar-refractivity contribution in [1.82, 2.24) is 14.7 Å². The van der Waals surface area contributed by atoms with Crippen LogP contribution in [-0.2, 0) is 4.74 Å². The SMILES string of the molecule is CC(C)(C)OC(=O)N1CCN(c2cnn(-c3cccc(Cl)c3)c(=O)c2OC2CCCC2)CC1. The molecular weight excluding hydrogens is 444 g/mol. The van der Waals surface area contributed by atoms with E-state index in [1.807, 2.05) is 20.8 Å². The van der Waals surface area contributed by atoms with Crippen LogP contribution in [0.2, 0.25) is 5.02 Å². The summed E-state index contributed by atoms with van der Waals surface area (Å²) in [6.45, 7) is 7.67. The molecule has 2 aromatic rings. The highest BCUT2D eigenvalue weighted by atomic mass is 35.5. The van der Waals surface area contributed by atoms with Gasteiger partial charge in [-0.15, -0.1) is 0 Å². The summed E-state index contributed by atoms with van der Waals surface area (Å²) in [5.41, 5.74) is 0.404. The number of benzene rings is 1. The average Bonchev–Trinajstić information content (AvgIpc) is 3.27. The summed E-state index contributed by atoms with van der Waals surface area (Å²) in [6.07, 6.45) is 5.45. The molecule has 1 aromatic heterocycles. The molecule has 4 rings (SSSR count). The summed E-state index contributed by atoms with van der Waals surface area (Å²) in [5.74, 6) is 0.308. The van der Waals surface area contributed by atoms with Crippen LogP contribution in [0.5, 0.6) is 5.75 Å². The maximum atomic E-state index is 13.5. The quantitative estimate of drug-likeness (QED) is 0.658. The van der Waals surface area contributed by atoms with Crippen LogP contribution in [0.3, 0.4) is 0 Å². The summed E-state index contributed by atoms with van der Waals surface area (Å²) >= 11 is 6.13. The van der Waals surface area contributed by atoms with Crippen LogP contribution in [0.1, 0.15) is 46.5 Å². The van der Waals surface area contributed by atoms with Crippen LogP contribution in [0.25, 0.3) is 5.69 Å². The molecule has 0 bridgehead atoms. The molecule has 1 saturated carbocycles. The molecule has 2 heterocycles. The van der Waals surface area contributed by atoms with Crippen molar-refractivity contribution in [2.75, 3.05) is 31.1 Å². The van der Waals surface area contributed by atoms with Crippen LogP contribution in [-0.4, -0.2) is 58.7 Å². The maximum absolute atomic E-state index is 13.5. The topological polar surface area (TPSA) is 76.9 Å². The summed E-state index contributed by atoms with van der Waals surface area (Å²) < 4.78 is 13.1. The van der Waals surface area contributed by atoms with E-state index in [0.29, 0.717) is 48.3 Å². The Kier molecular flexibility index (Phi) is 6.83. The number of nitrogens with zero attached hydrogens (tertiary/aromatic N) is 4. The van der Waals surface area contributed by atoms with E-state index in [1.54, 1.807) is 35.4 Å². The fourth-order valence-corrected chi connectivity index (χ4v) is 4.37. The fraction of sp³-hybridized carbons (Fsp3) is 0.542. The number of carbonyl (C=O) groups is 1. The molecule has 0 radical (unpaired) electrons. The van der Waals surface area contributed by atoms with Crippen LogP contribution >= 0.6 is 11.6 Å². The van der Waals surface area contributed by atoms with Gasteiger partial charge in [0, 0.05) is 31.2 Å². The second-order valence-corrected chi connectivity index (χ2v) is 9.97. The minimum absolute atomic E-state index is 0.0229. The molecule has 0 N–H and O–H groups in total. The summed E-state index contributed by atoms with van der Waals surface area (Å²) in [4.78, 5) is 29.7. The maximum Gasteiger partial charge on any atom is 0.410 e. The Morgan fingerprint density at radius 1 is 1.12 bits per heavy atom. The minimum Gasteiger partial charge on any atom is -0.483 e. The van der Waals surface area contributed by atoms with Crippen LogP contribution in [0.15, 0.2) is 35.3 Å². The smallest absolute Gasteiger partial charge is 0.410 e. The zero-order valence-corrected chi connectivity index (χ0v) is 20.2. The lowest BCUT2D eigenvalue weighted by atomic mass is 10.2. The predicted molar refractivity (Wildman–Crippen MR) is 128 cm³/mol. The number of rotatable bonds is 4. The average molecular weight is 475 g/mol. The van der Waals surface area contributed by atoms with Gasteiger partial charge in [-0.2, -0.15) is 9.78 Å². The molecule has 178 valence electrons. The fourth-order valence-electron chi connectivity index (χ4n) is 4.19. The third-order valence-corrected chi connectivity index (χ3v) is 6.06. The Morgan fingerprint density at radius 2 is 1.82 bits per heavy atom. The number of hydrogen-bond acceptors (Lipinski definition) is 6. The highest BCUT2D eigenvalue weighted by Crippen LogP contribution is 2.30. The van der Waals surface area contributed by atoms with Gasteiger partial charge in [0.1, 0.15) is 11.3 Å². The first kappa shape index (κ1) is 23.4. The molecule has 9 heteroatoms. The van der Waals surface area contributed by atoms with E-state index < -0.39 is 5.60 Å². The van der Waals surface area contributed by atoms with Gasteiger partial charge >= 0.3 is 11.7 Å². The molecular formula is C24H31ClN4O4. The normalized spacial score (nSPS) is 17.3. The molecule has 1 aliphatic heterocycles. The Balaban J connectivity index is 1.59. The van der Waals surface area contributed by atoms with E-state index in [2.05, 4.69) is 10.00 Å². The number of piperazine rings is 1. The van der Waals surface area contributed by atoms with Gasteiger partial charge in [-0.05, 0) is 64.7 Å². The third kappa shape index (κ3) is 5.61. The Hall–Kier alpha value is -2.74. The van der Waals surface area contributed by atoms with Crippen molar-refractivity contribution in [3.05, 3.63) is 45.8 Å².